The van der Waals surface area contributed by atoms with Crippen LogP contribution >= 0.6 is 0 Å². The molecule has 1 fully saturated rings. The molecule has 1 saturated heterocycles. The molecule has 0 aliphatic carbocycles. The molecule has 0 bridgehead atoms. The van der Waals surface area contributed by atoms with Gasteiger partial charge in [0.1, 0.15) is 6.10 Å². The number of amides is 1. The molecule has 0 aromatic carbocycles. The van der Waals surface area contributed by atoms with Crippen molar-refractivity contribution in [1.82, 2.24) is 4.90 Å². The van der Waals surface area contributed by atoms with Gasteiger partial charge < -0.3 is 9.64 Å². The Labute approximate surface area is 54.6 Å². The van der Waals surface area contributed by atoms with Crippen LogP contribution in [0.1, 0.15) is 13.8 Å². The molecule has 1 aliphatic rings. The molecule has 1 aliphatic heterocycles. The lowest BCUT2D eigenvalue weighted by Crippen LogP contribution is -2.23. The topological polar surface area (TPSA) is 29.5 Å². The second-order valence-corrected chi connectivity index (χ2v) is 2.23. The number of likely N-dealkylation sites (N-methyl/N-ethyl adjacent to an activating group) is 1. The molecule has 1 atom stereocenters. The number of carbonyl (C=O) groups is 1. The molecule has 3 heteroatoms. The first-order valence-electron chi connectivity index (χ1n) is 3.19. The Morgan fingerprint density at radius 1 is 1.89 bits per heavy atom. The number of hydrogen-bond acceptors (Lipinski definition) is 2. The Kier molecular flexibility index (Phi) is 1.60. The highest BCUT2D eigenvalue weighted by Gasteiger charge is 2.25. The maximum Gasteiger partial charge on any atom is 0.410 e. The van der Waals surface area contributed by atoms with Gasteiger partial charge in [0.2, 0.25) is 0 Å². The molecule has 0 spiro atoms. The number of cyclic esters (lactones) is 1. The van der Waals surface area contributed by atoms with E-state index in [1.54, 1.807) is 4.90 Å². The van der Waals surface area contributed by atoms with Gasteiger partial charge in [-0.2, -0.15) is 0 Å². The maximum atomic E-state index is 10.7. The third-order valence-electron chi connectivity index (χ3n) is 1.42. The van der Waals surface area contributed by atoms with Crippen molar-refractivity contribution in [3.05, 3.63) is 0 Å². The predicted molar refractivity (Wildman–Crippen MR) is 33.2 cm³/mol. The summed E-state index contributed by atoms with van der Waals surface area (Å²) in [5.41, 5.74) is 0. The minimum Gasteiger partial charge on any atom is -0.445 e. The molecular weight excluding hydrogens is 118 g/mol. The van der Waals surface area contributed by atoms with Crippen LogP contribution in [0.3, 0.4) is 0 Å². The summed E-state index contributed by atoms with van der Waals surface area (Å²) in [6.07, 6.45) is -0.0950. The Balaban J connectivity index is 2.48. The minimum atomic E-state index is -0.176. The summed E-state index contributed by atoms with van der Waals surface area (Å²) >= 11 is 0. The SMILES string of the molecule is CCN1C[C@H](C)OC1=O. The standard InChI is InChI=1S/C6H11NO2/c1-3-7-4-5(2)9-6(7)8/h5H,3-4H2,1-2H3/t5-/m0/s1. The fourth-order valence-electron chi connectivity index (χ4n) is 0.927. The van der Waals surface area contributed by atoms with Crippen molar-refractivity contribution in [2.24, 2.45) is 0 Å². The first kappa shape index (κ1) is 6.39. The van der Waals surface area contributed by atoms with E-state index in [1.807, 2.05) is 13.8 Å². The average Bonchev–Trinajstić information content (AvgIpc) is 2.10. The van der Waals surface area contributed by atoms with E-state index >= 15 is 0 Å². The maximum absolute atomic E-state index is 10.7. The second kappa shape index (κ2) is 2.25. The Bertz CT molecular complexity index is 124. The fraction of sp³-hybridized carbons (Fsp3) is 0.833. The first-order valence-corrected chi connectivity index (χ1v) is 3.19. The molecule has 3 nitrogen and oxygen atoms in total. The third-order valence-corrected chi connectivity index (χ3v) is 1.42. The number of carbonyl (C=O) groups excluding carboxylic acids is 1. The molecule has 1 heterocycles. The van der Waals surface area contributed by atoms with Gasteiger partial charge >= 0.3 is 6.09 Å². The van der Waals surface area contributed by atoms with Crippen LogP contribution in [0.25, 0.3) is 0 Å². The zero-order chi connectivity index (χ0) is 6.85. The highest BCUT2D eigenvalue weighted by atomic mass is 16.6. The van der Waals surface area contributed by atoms with Crippen molar-refractivity contribution in [2.75, 3.05) is 13.1 Å². The van der Waals surface area contributed by atoms with Crippen LogP contribution in [0.2, 0.25) is 0 Å². The molecular formula is C6H11NO2. The molecule has 0 aromatic heterocycles. The fourth-order valence-corrected chi connectivity index (χ4v) is 0.927. The van der Waals surface area contributed by atoms with E-state index in [2.05, 4.69) is 0 Å². The molecule has 1 rings (SSSR count). The smallest absolute Gasteiger partial charge is 0.410 e. The molecule has 0 saturated carbocycles. The summed E-state index contributed by atoms with van der Waals surface area (Å²) in [6.45, 7) is 5.34. The number of nitrogens with zero attached hydrogens (tertiary/aromatic N) is 1. The molecule has 0 aromatic rings. The number of hydrogen-bond donors (Lipinski definition) is 0. The Morgan fingerprint density at radius 3 is 2.78 bits per heavy atom. The Hall–Kier alpha value is -0.730. The van der Waals surface area contributed by atoms with Crippen molar-refractivity contribution < 1.29 is 9.53 Å². The highest BCUT2D eigenvalue weighted by molar-refractivity contribution is 5.69. The first-order chi connectivity index (χ1) is 4.24. The van der Waals surface area contributed by atoms with E-state index in [1.165, 1.54) is 0 Å². The molecule has 9 heavy (non-hydrogen) atoms. The van der Waals surface area contributed by atoms with Crippen molar-refractivity contribution in [2.45, 2.75) is 20.0 Å². The lowest BCUT2D eigenvalue weighted by molar-refractivity contribution is 0.139. The number of ether oxygens (including phenoxy) is 1. The van der Waals surface area contributed by atoms with Crippen molar-refractivity contribution >= 4 is 6.09 Å². The van der Waals surface area contributed by atoms with Gasteiger partial charge in [0, 0.05) is 6.54 Å². The van der Waals surface area contributed by atoms with Crippen LogP contribution in [-0.2, 0) is 4.74 Å². The molecule has 0 unspecified atom stereocenters. The minimum absolute atomic E-state index is 0.0810. The van der Waals surface area contributed by atoms with Gasteiger partial charge in [-0.15, -0.1) is 0 Å². The summed E-state index contributed by atoms with van der Waals surface area (Å²) in [5.74, 6) is 0. The van der Waals surface area contributed by atoms with E-state index in [4.69, 9.17) is 4.74 Å². The summed E-state index contributed by atoms with van der Waals surface area (Å²) in [4.78, 5) is 12.4. The van der Waals surface area contributed by atoms with Gasteiger partial charge in [-0.25, -0.2) is 4.79 Å². The van der Waals surface area contributed by atoms with E-state index in [0.29, 0.717) is 0 Å². The molecule has 1 amide bonds. The van der Waals surface area contributed by atoms with Crippen LogP contribution in [0, 0.1) is 0 Å². The molecule has 0 radical (unpaired) electrons. The molecule has 0 N–H and O–H groups in total. The summed E-state index contributed by atoms with van der Waals surface area (Å²) in [6, 6.07) is 0. The van der Waals surface area contributed by atoms with E-state index in [-0.39, 0.29) is 12.2 Å². The summed E-state index contributed by atoms with van der Waals surface area (Å²) in [7, 11) is 0. The lowest BCUT2D eigenvalue weighted by Gasteiger charge is -2.06. The van der Waals surface area contributed by atoms with Gasteiger partial charge in [0.05, 0.1) is 6.54 Å². The summed E-state index contributed by atoms with van der Waals surface area (Å²) in [5, 5.41) is 0. The highest BCUT2D eigenvalue weighted by Crippen LogP contribution is 2.08. The largest absolute Gasteiger partial charge is 0.445 e. The normalized spacial score (nSPS) is 26.7. The number of rotatable bonds is 1. The van der Waals surface area contributed by atoms with Crippen LogP contribution in [0.5, 0.6) is 0 Å². The van der Waals surface area contributed by atoms with Crippen molar-refractivity contribution in [3.63, 3.8) is 0 Å². The van der Waals surface area contributed by atoms with Gasteiger partial charge in [0.15, 0.2) is 0 Å². The second-order valence-electron chi connectivity index (χ2n) is 2.23. The van der Waals surface area contributed by atoms with Crippen molar-refractivity contribution in [3.8, 4) is 0 Å². The quantitative estimate of drug-likeness (QED) is 0.525. The Morgan fingerprint density at radius 2 is 2.56 bits per heavy atom. The van der Waals surface area contributed by atoms with Gasteiger partial charge in [0.25, 0.3) is 0 Å². The van der Waals surface area contributed by atoms with E-state index in [9.17, 15) is 4.79 Å². The molecule has 52 valence electrons. The lowest BCUT2D eigenvalue weighted by atomic mass is 10.4. The van der Waals surface area contributed by atoms with Gasteiger partial charge in [-0.05, 0) is 13.8 Å². The third kappa shape index (κ3) is 1.15. The van der Waals surface area contributed by atoms with Crippen LogP contribution in [0.4, 0.5) is 4.79 Å². The zero-order valence-corrected chi connectivity index (χ0v) is 5.76. The van der Waals surface area contributed by atoms with Gasteiger partial charge in [-0.1, -0.05) is 0 Å². The van der Waals surface area contributed by atoms with Crippen LogP contribution in [-0.4, -0.2) is 30.2 Å². The average molecular weight is 129 g/mol. The monoisotopic (exact) mass is 129 g/mol. The summed E-state index contributed by atoms with van der Waals surface area (Å²) < 4.78 is 4.85. The van der Waals surface area contributed by atoms with E-state index < -0.39 is 0 Å². The van der Waals surface area contributed by atoms with Crippen molar-refractivity contribution in [1.29, 1.82) is 0 Å². The van der Waals surface area contributed by atoms with Gasteiger partial charge in [-0.3, -0.25) is 0 Å². The zero-order valence-electron chi connectivity index (χ0n) is 5.76. The van der Waals surface area contributed by atoms with Crippen LogP contribution < -0.4 is 0 Å². The van der Waals surface area contributed by atoms with Crippen LogP contribution in [0.15, 0.2) is 0 Å². The predicted octanol–water partition coefficient (Wildman–Crippen LogP) is 0.847. The van der Waals surface area contributed by atoms with E-state index in [0.717, 1.165) is 13.1 Å².